The van der Waals surface area contributed by atoms with Crippen LogP contribution in [0.1, 0.15) is 50.7 Å². The molecule has 2 unspecified atom stereocenters. The summed E-state index contributed by atoms with van der Waals surface area (Å²) >= 11 is 0. The van der Waals surface area contributed by atoms with Crippen molar-refractivity contribution in [3.05, 3.63) is 35.4 Å². The molecule has 1 nitrogen and oxygen atoms in total. The quantitative estimate of drug-likeness (QED) is 0.720. The van der Waals surface area contributed by atoms with Crippen molar-refractivity contribution in [2.75, 3.05) is 7.05 Å². The zero-order valence-corrected chi connectivity index (χ0v) is 12.5. The molecule has 0 aliphatic heterocycles. The van der Waals surface area contributed by atoms with Crippen LogP contribution in [-0.2, 0) is 6.42 Å². The summed E-state index contributed by atoms with van der Waals surface area (Å²) in [6.07, 6.45) is 6.39. The van der Waals surface area contributed by atoms with E-state index in [0.29, 0.717) is 6.04 Å². The van der Waals surface area contributed by atoms with Gasteiger partial charge in [-0.3, -0.25) is 0 Å². The second-order valence-corrected chi connectivity index (χ2v) is 5.58. The first-order chi connectivity index (χ1) is 8.67. The molecule has 0 aliphatic rings. The lowest BCUT2D eigenvalue weighted by Gasteiger charge is -2.20. The summed E-state index contributed by atoms with van der Waals surface area (Å²) in [7, 11) is 2.10. The maximum atomic E-state index is 3.48. The van der Waals surface area contributed by atoms with Crippen molar-refractivity contribution >= 4 is 0 Å². The van der Waals surface area contributed by atoms with Gasteiger partial charge in [0, 0.05) is 6.04 Å². The number of hydrogen-bond donors (Lipinski definition) is 1. The summed E-state index contributed by atoms with van der Waals surface area (Å²) < 4.78 is 0. The smallest absolute Gasteiger partial charge is 0.00697 e. The Bertz CT molecular complexity index is 332. The first kappa shape index (κ1) is 15.2. The Morgan fingerprint density at radius 2 is 1.89 bits per heavy atom. The molecule has 0 aliphatic carbocycles. The average molecular weight is 247 g/mol. The van der Waals surface area contributed by atoms with E-state index in [-0.39, 0.29) is 0 Å². The van der Waals surface area contributed by atoms with Crippen LogP contribution in [0.3, 0.4) is 0 Å². The lowest BCUT2D eigenvalue weighted by molar-refractivity contribution is 0.384. The summed E-state index contributed by atoms with van der Waals surface area (Å²) in [6, 6.07) is 9.40. The van der Waals surface area contributed by atoms with Crippen LogP contribution in [0.5, 0.6) is 0 Å². The van der Waals surface area contributed by atoms with Crippen LogP contribution in [-0.4, -0.2) is 13.1 Å². The minimum atomic E-state index is 0.658. The number of benzene rings is 1. The van der Waals surface area contributed by atoms with E-state index in [4.69, 9.17) is 0 Å². The minimum Gasteiger partial charge on any atom is -0.317 e. The molecule has 1 aromatic rings. The van der Waals surface area contributed by atoms with Crippen LogP contribution in [0.15, 0.2) is 24.3 Å². The molecular weight excluding hydrogens is 218 g/mol. The number of hydrogen-bond acceptors (Lipinski definition) is 1. The summed E-state index contributed by atoms with van der Waals surface area (Å²) in [5.74, 6) is 0.837. The van der Waals surface area contributed by atoms with Crippen LogP contribution in [0.25, 0.3) is 0 Å². The van der Waals surface area contributed by atoms with Gasteiger partial charge in [0.05, 0.1) is 0 Å². The molecule has 102 valence electrons. The van der Waals surface area contributed by atoms with E-state index in [2.05, 4.69) is 57.4 Å². The maximum absolute atomic E-state index is 3.48. The van der Waals surface area contributed by atoms with Gasteiger partial charge in [-0.15, -0.1) is 0 Å². The van der Waals surface area contributed by atoms with Crippen molar-refractivity contribution in [3.8, 4) is 0 Å². The van der Waals surface area contributed by atoms with E-state index >= 15 is 0 Å². The minimum absolute atomic E-state index is 0.658. The molecule has 0 spiro atoms. The van der Waals surface area contributed by atoms with Gasteiger partial charge >= 0.3 is 0 Å². The van der Waals surface area contributed by atoms with E-state index in [9.17, 15) is 0 Å². The zero-order chi connectivity index (χ0) is 13.4. The molecule has 0 bridgehead atoms. The highest BCUT2D eigenvalue weighted by atomic mass is 14.9. The predicted octanol–water partition coefficient (Wildman–Crippen LogP) is 4.34. The third kappa shape index (κ3) is 5.22. The molecule has 0 saturated heterocycles. The van der Waals surface area contributed by atoms with Crippen molar-refractivity contribution in [2.45, 2.75) is 58.9 Å². The zero-order valence-electron chi connectivity index (χ0n) is 12.5. The van der Waals surface area contributed by atoms with Crippen molar-refractivity contribution in [1.82, 2.24) is 5.32 Å². The molecule has 0 heterocycles. The molecule has 18 heavy (non-hydrogen) atoms. The van der Waals surface area contributed by atoms with Crippen LogP contribution >= 0.6 is 0 Å². The number of aryl methyl sites for hydroxylation is 2. The molecule has 1 heteroatoms. The first-order valence-corrected chi connectivity index (χ1v) is 7.39. The molecule has 1 rings (SSSR count). The molecule has 1 N–H and O–H groups in total. The number of rotatable bonds is 8. The van der Waals surface area contributed by atoms with Crippen molar-refractivity contribution in [1.29, 1.82) is 0 Å². The highest BCUT2D eigenvalue weighted by molar-refractivity contribution is 5.25. The van der Waals surface area contributed by atoms with Crippen molar-refractivity contribution in [3.63, 3.8) is 0 Å². The SMILES string of the molecule is CCCC(C)CC(CCc1ccccc1C)NC. The Labute approximate surface area is 113 Å². The molecule has 0 aromatic heterocycles. The van der Waals surface area contributed by atoms with E-state index in [1.165, 1.54) is 43.2 Å². The van der Waals surface area contributed by atoms with Gasteiger partial charge in [-0.2, -0.15) is 0 Å². The number of nitrogens with one attached hydrogen (secondary N) is 1. The molecular formula is C17H29N. The second-order valence-electron chi connectivity index (χ2n) is 5.58. The van der Waals surface area contributed by atoms with E-state index < -0.39 is 0 Å². The van der Waals surface area contributed by atoms with Gasteiger partial charge in [0.15, 0.2) is 0 Å². The normalized spacial score (nSPS) is 14.4. The summed E-state index contributed by atoms with van der Waals surface area (Å²) in [6.45, 7) is 6.86. The van der Waals surface area contributed by atoms with Crippen molar-refractivity contribution in [2.24, 2.45) is 5.92 Å². The third-order valence-electron chi connectivity index (χ3n) is 3.90. The van der Waals surface area contributed by atoms with Gasteiger partial charge in [-0.25, -0.2) is 0 Å². The van der Waals surface area contributed by atoms with Crippen LogP contribution < -0.4 is 5.32 Å². The standard InChI is InChI=1S/C17H29N/c1-5-8-14(2)13-17(18-4)12-11-16-10-7-6-9-15(16)3/h6-7,9-10,14,17-18H,5,8,11-13H2,1-4H3. The predicted molar refractivity (Wildman–Crippen MR) is 81.0 cm³/mol. The summed E-state index contributed by atoms with van der Waals surface area (Å²) in [5, 5.41) is 3.48. The largest absolute Gasteiger partial charge is 0.317 e. The third-order valence-corrected chi connectivity index (χ3v) is 3.90. The fourth-order valence-electron chi connectivity index (χ4n) is 2.70. The average Bonchev–Trinajstić information content (AvgIpc) is 2.36. The summed E-state index contributed by atoms with van der Waals surface area (Å²) in [5.41, 5.74) is 2.93. The first-order valence-electron chi connectivity index (χ1n) is 7.39. The van der Waals surface area contributed by atoms with E-state index in [1.807, 2.05) is 0 Å². The Kier molecular flexibility index (Phi) is 7.04. The molecule has 0 radical (unpaired) electrons. The monoisotopic (exact) mass is 247 g/mol. The lowest BCUT2D eigenvalue weighted by Crippen LogP contribution is -2.28. The van der Waals surface area contributed by atoms with Crippen molar-refractivity contribution < 1.29 is 0 Å². The fourth-order valence-corrected chi connectivity index (χ4v) is 2.70. The Morgan fingerprint density at radius 1 is 1.17 bits per heavy atom. The van der Waals surface area contributed by atoms with Gasteiger partial charge in [-0.1, -0.05) is 51.0 Å². The second kappa shape index (κ2) is 8.31. The molecule has 0 amide bonds. The molecule has 0 fully saturated rings. The van der Waals surface area contributed by atoms with Crippen LogP contribution in [0, 0.1) is 12.8 Å². The van der Waals surface area contributed by atoms with Gasteiger partial charge in [-0.05, 0) is 50.3 Å². The van der Waals surface area contributed by atoms with Gasteiger partial charge in [0.25, 0.3) is 0 Å². The van der Waals surface area contributed by atoms with E-state index in [0.717, 1.165) is 5.92 Å². The van der Waals surface area contributed by atoms with Gasteiger partial charge < -0.3 is 5.32 Å². The highest BCUT2D eigenvalue weighted by Gasteiger charge is 2.11. The maximum Gasteiger partial charge on any atom is 0.00697 e. The van der Waals surface area contributed by atoms with Crippen LogP contribution in [0.4, 0.5) is 0 Å². The van der Waals surface area contributed by atoms with Gasteiger partial charge in [0.1, 0.15) is 0 Å². The summed E-state index contributed by atoms with van der Waals surface area (Å²) in [4.78, 5) is 0. The Morgan fingerprint density at radius 3 is 2.50 bits per heavy atom. The molecule has 0 saturated carbocycles. The molecule has 1 aromatic carbocycles. The Balaban J connectivity index is 2.42. The van der Waals surface area contributed by atoms with Gasteiger partial charge in [0.2, 0.25) is 0 Å². The fraction of sp³-hybridized carbons (Fsp3) is 0.647. The lowest BCUT2D eigenvalue weighted by atomic mass is 9.93. The highest BCUT2D eigenvalue weighted by Crippen LogP contribution is 2.17. The topological polar surface area (TPSA) is 12.0 Å². The van der Waals surface area contributed by atoms with E-state index in [1.54, 1.807) is 0 Å². The molecule has 2 atom stereocenters. The Hall–Kier alpha value is -0.820. The van der Waals surface area contributed by atoms with Crippen LogP contribution in [0.2, 0.25) is 0 Å².